The van der Waals surface area contributed by atoms with Crippen LogP contribution in [0.25, 0.3) is 16.9 Å². The summed E-state index contributed by atoms with van der Waals surface area (Å²) in [6.07, 6.45) is 1.12. The Balaban J connectivity index is 1.94. The van der Waals surface area contributed by atoms with Gasteiger partial charge in [-0.3, -0.25) is 9.36 Å². The number of hydrogen-bond acceptors (Lipinski definition) is 8. The highest BCUT2D eigenvalue weighted by Gasteiger charge is 2.17. The lowest BCUT2D eigenvalue weighted by molar-refractivity contribution is 0.395. The minimum absolute atomic E-state index is 0.0981. The Morgan fingerprint density at radius 2 is 1.56 bits per heavy atom. The fourth-order valence-electron chi connectivity index (χ4n) is 3.06. The van der Waals surface area contributed by atoms with E-state index in [2.05, 4.69) is 15.3 Å². The Labute approximate surface area is 183 Å². The molecule has 0 radical (unpaired) electrons. The van der Waals surface area contributed by atoms with Gasteiger partial charge in [-0.25, -0.2) is 23.5 Å². The number of benzene rings is 2. The molecule has 0 spiro atoms. The number of rotatable bonds is 6. The van der Waals surface area contributed by atoms with Gasteiger partial charge in [-0.1, -0.05) is 12.1 Å². The lowest BCUT2D eigenvalue weighted by Crippen LogP contribution is -2.22. The first-order valence-electron chi connectivity index (χ1n) is 9.31. The molecule has 0 aliphatic carbocycles. The van der Waals surface area contributed by atoms with Gasteiger partial charge in [-0.15, -0.1) is 0 Å². The van der Waals surface area contributed by atoms with Crippen molar-refractivity contribution >= 4 is 32.6 Å². The summed E-state index contributed by atoms with van der Waals surface area (Å²) in [6.45, 7) is 0. The van der Waals surface area contributed by atoms with Crippen LogP contribution in [0.3, 0.4) is 0 Å². The Bertz CT molecular complexity index is 1460. The van der Waals surface area contributed by atoms with Crippen molar-refractivity contribution in [3.05, 3.63) is 71.1 Å². The van der Waals surface area contributed by atoms with Crippen molar-refractivity contribution in [1.82, 2.24) is 14.5 Å². The second kappa shape index (κ2) is 8.29. The second-order valence-corrected chi connectivity index (χ2v) is 8.29. The maximum absolute atomic E-state index is 12.6. The average molecular weight is 453 g/mol. The van der Waals surface area contributed by atoms with E-state index in [1.807, 2.05) is 6.07 Å². The van der Waals surface area contributed by atoms with Gasteiger partial charge < -0.3 is 14.8 Å². The number of nitrogens with two attached hydrogens (primary N) is 1. The zero-order valence-electron chi connectivity index (χ0n) is 17.1. The van der Waals surface area contributed by atoms with Gasteiger partial charge in [0.2, 0.25) is 10.0 Å². The van der Waals surface area contributed by atoms with E-state index in [-0.39, 0.29) is 16.5 Å². The molecule has 4 rings (SSSR count). The van der Waals surface area contributed by atoms with Crippen LogP contribution in [0.2, 0.25) is 0 Å². The molecule has 32 heavy (non-hydrogen) atoms. The minimum Gasteiger partial charge on any atom is -0.497 e. The van der Waals surface area contributed by atoms with E-state index in [4.69, 9.17) is 14.6 Å². The highest BCUT2D eigenvalue weighted by Crippen LogP contribution is 2.30. The van der Waals surface area contributed by atoms with Crippen LogP contribution in [0.15, 0.2) is 70.5 Å². The van der Waals surface area contributed by atoms with E-state index in [0.29, 0.717) is 28.2 Å². The number of nitrogens with zero attached hydrogens (tertiary/aromatic N) is 3. The number of fused-ring (bicyclic) bond motifs is 1. The van der Waals surface area contributed by atoms with Gasteiger partial charge in [0.15, 0.2) is 11.6 Å². The number of sulfonamides is 1. The summed E-state index contributed by atoms with van der Waals surface area (Å²) in [4.78, 5) is 21.5. The van der Waals surface area contributed by atoms with Crippen LogP contribution in [0, 0.1) is 0 Å². The van der Waals surface area contributed by atoms with Gasteiger partial charge in [0.25, 0.3) is 5.56 Å². The largest absolute Gasteiger partial charge is 0.497 e. The monoisotopic (exact) mass is 453 g/mol. The Kier molecular flexibility index (Phi) is 5.51. The van der Waals surface area contributed by atoms with E-state index in [1.165, 1.54) is 14.2 Å². The normalized spacial score (nSPS) is 11.3. The second-order valence-electron chi connectivity index (χ2n) is 6.73. The molecule has 2 heterocycles. The predicted molar refractivity (Wildman–Crippen MR) is 119 cm³/mol. The van der Waals surface area contributed by atoms with Crippen LogP contribution in [0.5, 0.6) is 11.5 Å². The quantitative estimate of drug-likeness (QED) is 0.453. The number of para-hydroxylation sites is 2. The number of methoxy groups -OCH3 is 2. The summed E-state index contributed by atoms with van der Waals surface area (Å²) in [6, 6.07) is 14.5. The van der Waals surface area contributed by atoms with Crippen LogP contribution < -0.4 is 25.5 Å². The molecule has 0 aliphatic heterocycles. The van der Waals surface area contributed by atoms with Crippen molar-refractivity contribution in [2.45, 2.75) is 4.90 Å². The third-order valence-corrected chi connectivity index (χ3v) is 5.51. The Morgan fingerprint density at radius 3 is 2.16 bits per heavy atom. The topological polar surface area (TPSA) is 138 Å². The Morgan fingerprint density at radius 1 is 0.938 bits per heavy atom. The molecule has 0 unspecified atom stereocenters. The van der Waals surface area contributed by atoms with Crippen LogP contribution >= 0.6 is 0 Å². The van der Waals surface area contributed by atoms with E-state index in [1.54, 1.807) is 36.4 Å². The van der Waals surface area contributed by atoms with Crippen LogP contribution in [0.1, 0.15) is 0 Å². The maximum atomic E-state index is 12.6. The highest BCUT2D eigenvalue weighted by molar-refractivity contribution is 7.89. The van der Waals surface area contributed by atoms with Crippen molar-refractivity contribution in [2.24, 2.45) is 5.14 Å². The van der Waals surface area contributed by atoms with E-state index < -0.39 is 15.6 Å². The lowest BCUT2D eigenvalue weighted by Gasteiger charge is -2.15. The summed E-state index contributed by atoms with van der Waals surface area (Å²) < 4.78 is 35.4. The van der Waals surface area contributed by atoms with E-state index in [0.717, 1.165) is 22.9 Å². The highest BCUT2D eigenvalue weighted by atomic mass is 32.2. The number of ether oxygens (including phenoxy) is 2. The van der Waals surface area contributed by atoms with Crippen molar-refractivity contribution in [3.63, 3.8) is 0 Å². The van der Waals surface area contributed by atoms with Crippen molar-refractivity contribution in [3.8, 4) is 17.3 Å². The molecule has 11 heteroatoms. The van der Waals surface area contributed by atoms with E-state index in [9.17, 15) is 13.2 Å². The predicted octanol–water partition coefficient (Wildman–Crippen LogP) is 2.19. The molecule has 2 aromatic heterocycles. The SMILES string of the molecule is COc1cc(Nc2nc3ccccc3nc2-n2cc(S(N)(=O)=O)ccc2=O)cc(OC)c1. The molecule has 10 nitrogen and oxygen atoms in total. The molecule has 0 atom stereocenters. The number of aromatic nitrogens is 3. The lowest BCUT2D eigenvalue weighted by atomic mass is 10.2. The third kappa shape index (κ3) is 4.24. The zero-order chi connectivity index (χ0) is 22.9. The van der Waals surface area contributed by atoms with Gasteiger partial charge in [0, 0.05) is 36.1 Å². The number of nitrogens with one attached hydrogen (secondary N) is 1. The summed E-state index contributed by atoms with van der Waals surface area (Å²) in [5.74, 6) is 1.39. The molecule has 164 valence electrons. The minimum atomic E-state index is -4.04. The fourth-order valence-corrected chi connectivity index (χ4v) is 3.57. The zero-order valence-corrected chi connectivity index (χ0v) is 18.0. The van der Waals surface area contributed by atoms with Crippen molar-refractivity contribution in [2.75, 3.05) is 19.5 Å². The smallest absolute Gasteiger partial charge is 0.256 e. The number of pyridine rings is 1. The molecule has 3 N–H and O–H groups in total. The van der Waals surface area contributed by atoms with Gasteiger partial charge in [-0.2, -0.15) is 0 Å². The van der Waals surface area contributed by atoms with Crippen LogP contribution in [-0.4, -0.2) is 37.2 Å². The summed E-state index contributed by atoms with van der Waals surface area (Å²) in [5.41, 5.74) is 1.14. The molecule has 0 aliphatic rings. The molecular weight excluding hydrogens is 434 g/mol. The van der Waals surface area contributed by atoms with Gasteiger partial charge >= 0.3 is 0 Å². The molecule has 0 saturated heterocycles. The molecule has 0 amide bonds. The summed E-state index contributed by atoms with van der Waals surface area (Å²) >= 11 is 0. The standard InChI is InChI=1S/C21H19N5O5S/c1-30-14-9-13(10-15(11-14)31-2)23-20-21(25-18-6-4-3-5-17(18)24-20)26-12-16(32(22,28)29)7-8-19(26)27/h3-12H,1-2H3,(H,23,24)(H2,22,28,29). The van der Waals surface area contributed by atoms with Crippen LogP contribution in [0.4, 0.5) is 11.5 Å². The summed E-state index contributed by atoms with van der Waals surface area (Å²) in [5, 5.41) is 8.37. The molecule has 2 aromatic carbocycles. The first-order valence-corrected chi connectivity index (χ1v) is 10.9. The fraction of sp³-hybridized carbons (Fsp3) is 0.0952. The maximum Gasteiger partial charge on any atom is 0.256 e. The number of hydrogen-bond donors (Lipinski definition) is 2. The van der Waals surface area contributed by atoms with Gasteiger partial charge in [0.1, 0.15) is 11.5 Å². The van der Waals surface area contributed by atoms with Crippen LogP contribution in [-0.2, 0) is 10.0 Å². The molecule has 4 aromatic rings. The summed E-state index contributed by atoms with van der Waals surface area (Å²) in [7, 11) is -0.992. The molecule has 0 fully saturated rings. The molecular formula is C21H19N5O5S. The van der Waals surface area contributed by atoms with E-state index >= 15 is 0 Å². The first-order chi connectivity index (χ1) is 15.3. The van der Waals surface area contributed by atoms with Crippen molar-refractivity contribution in [1.29, 1.82) is 0 Å². The molecule has 0 bridgehead atoms. The average Bonchev–Trinajstić information content (AvgIpc) is 2.78. The van der Waals surface area contributed by atoms with Crippen molar-refractivity contribution < 1.29 is 17.9 Å². The van der Waals surface area contributed by atoms with Gasteiger partial charge in [-0.05, 0) is 18.2 Å². The Hall–Kier alpha value is -3.96. The third-order valence-electron chi connectivity index (χ3n) is 4.61. The van der Waals surface area contributed by atoms with Gasteiger partial charge in [0.05, 0.1) is 30.1 Å². The number of primary sulfonamides is 1. The number of anilines is 2. The molecule has 0 saturated carbocycles. The first kappa shape index (κ1) is 21.3.